The molecule has 0 saturated carbocycles. The lowest BCUT2D eigenvalue weighted by molar-refractivity contribution is 0.0603. The molecule has 0 amide bonds. The molecule has 0 aliphatic heterocycles. The van der Waals surface area contributed by atoms with Crippen molar-refractivity contribution in [1.29, 1.82) is 0 Å². The van der Waals surface area contributed by atoms with E-state index in [2.05, 4.69) is 10.2 Å². The molecule has 0 unspecified atom stereocenters. The number of carbonyl (C=O) groups is 1. The molecule has 24 heavy (non-hydrogen) atoms. The molecule has 0 N–H and O–H groups in total. The Morgan fingerprint density at radius 1 is 1.21 bits per heavy atom. The SMILES string of the molecule is COC(=O)c1cc(-c2cn(C)nc2C)nc2c1c(C)nn2C(C)C. The van der Waals surface area contributed by atoms with Crippen molar-refractivity contribution in [2.75, 3.05) is 7.11 Å². The Morgan fingerprint density at radius 2 is 1.92 bits per heavy atom. The number of esters is 1. The molecule has 0 aliphatic carbocycles. The van der Waals surface area contributed by atoms with E-state index < -0.39 is 5.97 Å². The Hall–Kier alpha value is -2.70. The van der Waals surface area contributed by atoms with E-state index in [1.54, 1.807) is 10.7 Å². The van der Waals surface area contributed by atoms with E-state index in [0.717, 1.165) is 22.3 Å². The summed E-state index contributed by atoms with van der Waals surface area (Å²) in [7, 11) is 3.24. The van der Waals surface area contributed by atoms with E-state index in [1.807, 2.05) is 45.6 Å². The number of aromatic nitrogens is 5. The average Bonchev–Trinajstić information content (AvgIpc) is 3.05. The van der Waals surface area contributed by atoms with Gasteiger partial charge in [-0.3, -0.25) is 4.68 Å². The molecule has 0 aliphatic rings. The summed E-state index contributed by atoms with van der Waals surface area (Å²) in [6.45, 7) is 7.87. The summed E-state index contributed by atoms with van der Waals surface area (Å²) in [5.41, 5.74) is 4.36. The second-order valence-corrected chi connectivity index (χ2v) is 6.17. The van der Waals surface area contributed by atoms with Crippen molar-refractivity contribution < 1.29 is 9.53 Å². The number of nitrogens with zero attached hydrogens (tertiary/aromatic N) is 5. The highest BCUT2D eigenvalue weighted by atomic mass is 16.5. The van der Waals surface area contributed by atoms with Gasteiger partial charge in [0.05, 0.1) is 35.1 Å². The predicted molar refractivity (Wildman–Crippen MR) is 90.9 cm³/mol. The van der Waals surface area contributed by atoms with Crippen molar-refractivity contribution >= 4 is 17.0 Å². The van der Waals surface area contributed by atoms with E-state index in [-0.39, 0.29) is 6.04 Å². The number of pyridine rings is 1. The predicted octanol–water partition coefficient (Wildman–Crippen LogP) is 2.82. The Labute approximate surface area is 140 Å². The smallest absolute Gasteiger partial charge is 0.338 e. The summed E-state index contributed by atoms with van der Waals surface area (Å²) in [6.07, 6.45) is 1.90. The summed E-state index contributed by atoms with van der Waals surface area (Å²) < 4.78 is 8.55. The fourth-order valence-corrected chi connectivity index (χ4v) is 2.93. The van der Waals surface area contributed by atoms with Gasteiger partial charge in [0.2, 0.25) is 0 Å². The topological polar surface area (TPSA) is 74.8 Å². The van der Waals surface area contributed by atoms with E-state index in [9.17, 15) is 4.79 Å². The van der Waals surface area contributed by atoms with Gasteiger partial charge in [0.1, 0.15) is 0 Å². The minimum absolute atomic E-state index is 0.129. The molecule has 126 valence electrons. The summed E-state index contributed by atoms with van der Waals surface area (Å²) in [5, 5.41) is 9.65. The quantitative estimate of drug-likeness (QED) is 0.692. The molecule has 0 spiro atoms. The van der Waals surface area contributed by atoms with Crippen LogP contribution < -0.4 is 0 Å². The fraction of sp³-hybridized carbons (Fsp3) is 0.412. The van der Waals surface area contributed by atoms with E-state index in [1.165, 1.54) is 7.11 Å². The van der Waals surface area contributed by atoms with Gasteiger partial charge in [-0.2, -0.15) is 10.2 Å². The maximum absolute atomic E-state index is 12.3. The third kappa shape index (κ3) is 2.46. The lowest BCUT2D eigenvalue weighted by atomic mass is 10.1. The van der Waals surface area contributed by atoms with Crippen LogP contribution in [0.4, 0.5) is 0 Å². The molecule has 3 aromatic heterocycles. The summed E-state index contributed by atoms with van der Waals surface area (Å²) in [6, 6.07) is 1.89. The molecule has 7 heteroatoms. The number of methoxy groups -OCH3 is 1. The monoisotopic (exact) mass is 327 g/mol. The Morgan fingerprint density at radius 3 is 2.46 bits per heavy atom. The number of carbonyl (C=O) groups excluding carboxylic acids is 1. The largest absolute Gasteiger partial charge is 0.465 e. The van der Waals surface area contributed by atoms with Crippen LogP contribution >= 0.6 is 0 Å². The second kappa shape index (κ2) is 5.74. The van der Waals surface area contributed by atoms with Gasteiger partial charge in [-0.15, -0.1) is 0 Å². The van der Waals surface area contributed by atoms with Gasteiger partial charge >= 0.3 is 5.97 Å². The van der Waals surface area contributed by atoms with Gasteiger partial charge in [0.15, 0.2) is 5.65 Å². The first-order valence-electron chi connectivity index (χ1n) is 7.82. The van der Waals surface area contributed by atoms with Gasteiger partial charge in [-0.1, -0.05) is 0 Å². The molecule has 0 saturated heterocycles. The van der Waals surface area contributed by atoms with E-state index in [4.69, 9.17) is 9.72 Å². The molecule has 0 aromatic carbocycles. The van der Waals surface area contributed by atoms with Crippen molar-refractivity contribution in [2.24, 2.45) is 7.05 Å². The van der Waals surface area contributed by atoms with Crippen LogP contribution in [0.15, 0.2) is 12.3 Å². The van der Waals surface area contributed by atoms with Crippen molar-refractivity contribution in [3.8, 4) is 11.3 Å². The number of rotatable bonds is 3. The second-order valence-electron chi connectivity index (χ2n) is 6.17. The Bertz CT molecular complexity index is 936. The maximum atomic E-state index is 12.3. The van der Waals surface area contributed by atoms with E-state index >= 15 is 0 Å². The van der Waals surface area contributed by atoms with Gasteiger partial charge < -0.3 is 4.74 Å². The number of hydrogen-bond acceptors (Lipinski definition) is 5. The first kappa shape index (κ1) is 16.2. The highest BCUT2D eigenvalue weighted by Gasteiger charge is 2.22. The third-order valence-electron chi connectivity index (χ3n) is 4.02. The number of ether oxygens (including phenoxy) is 1. The van der Waals surface area contributed by atoms with Crippen LogP contribution in [0.5, 0.6) is 0 Å². The molecule has 0 atom stereocenters. The molecule has 3 heterocycles. The van der Waals surface area contributed by atoms with Gasteiger partial charge in [0.25, 0.3) is 0 Å². The van der Waals surface area contributed by atoms with Crippen molar-refractivity contribution in [1.82, 2.24) is 24.5 Å². The Balaban J connectivity index is 2.38. The standard InChI is InChI=1S/C17H21N5O2/c1-9(2)22-16-15(11(4)20-22)12(17(23)24-6)7-14(18-16)13-8-21(5)19-10(13)3/h7-9H,1-6H3. The minimum atomic E-state index is -0.392. The fourth-order valence-electron chi connectivity index (χ4n) is 2.93. The molecule has 0 bridgehead atoms. The third-order valence-corrected chi connectivity index (χ3v) is 4.02. The zero-order valence-electron chi connectivity index (χ0n) is 14.8. The average molecular weight is 327 g/mol. The van der Waals surface area contributed by atoms with Crippen molar-refractivity contribution in [3.05, 3.63) is 29.2 Å². The normalized spacial score (nSPS) is 11.5. The van der Waals surface area contributed by atoms with Crippen LogP contribution in [-0.2, 0) is 11.8 Å². The highest BCUT2D eigenvalue weighted by molar-refractivity contribution is 6.05. The van der Waals surface area contributed by atoms with Crippen LogP contribution in [-0.4, -0.2) is 37.6 Å². The summed E-state index contributed by atoms with van der Waals surface area (Å²) >= 11 is 0. The van der Waals surface area contributed by atoms with Gasteiger partial charge in [-0.25, -0.2) is 14.5 Å². The molecule has 0 fully saturated rings. The maximum Gasteiger partial charge on any atom is 0.338 e. The van der Waals surface area contributed by atoms with Crippen LogP contribution in [0, 0.1) is 13.8 Å². The molecule has 3 aromatic rings. The lowest BCUT2D eigenvalue weighted by Gasteiger charge is -2.09. The van der Waals surface area contributed by atoms with E-state index in [0.29, 0.717) is 16.9 Å². The zero-order valence-corrected chi connectivity index (χ0v) is 14.8. The first-order valence-corrected chi connectivity index (χ1v) is 7.82. The van der Waals surface area contributed by atoms with Crippen molar-refractivity contribution in [2.45, 2.75) is 33.7 Å². The minimum Gasteiger partial charge on any atom is -0.465 e. The Kier molecular flexibility index (Phi) is 3.87. The van der Waals surface area contributed by atoms with Crippen LogP contribution in [0.2, 0.25) is 0 Å². The van der Waals surface area contributed by atoms with Crippen LogP contribution in [0.25, 0.3) is 22.3 Å². The highest BCUT2D eigenvalue weighted by Crippen LogP contribution is 2.30. The summed E-state index contributed by atoms with van der Waals surface area (Å²) in [5.74, 6) is -0.392. The van der Waals surface area contributed by atoms with Gasteiger partial charge in [0, 0.05) is 24.8 Å². The molecule has 0 radical (unpaired) electrons. The lowest BCUT2D eigenvalue weighted by Crippen LogP contribution is -2.07. The zero-order chi connectivity index (χ0) is 17.6. The molecular weight excluding hydrogens is 306 g/mol. The molecular formula is C17H21N5O2. The number of aryl methyl sites for hydroxylation is 3. The van der Waals surface area contributed by atoms with Gasteiger partial charge in [-0.05, 0) is 33.8 Å². The van der Waals surface area contributed by atoms with Crippen molar-refractivity contribution in [3.63, 3.8) is 0 Å². The molecule has 3 rings (SSSR count). The summed E-state index contributed by atoms with van der Waals surface area (Å²) in [4.78, 5) is 17.1. The first-order chi connectivity index (χ1) is 11.3. The number of hydrogen-bond donors (Lipinski definition) is 0. The van der Waals surface area contributed by atoms with Crippen LogP contribution in [0.3, 0.4) is 0 Å². The molecule has 7 nitrogen and oxygen atoms in total. The number of fused-ring (bicyclic) bond motifs is 1. The van der Waals surface area contributed by atoms with Crippen LogP contribution in [0.1, 0.15) is 41.6 Å².